The van der Waals surface area contributed by atoms with E-state index in [1.54, 1.807) is 0 Å². The Morgan fingerprint density at radius 3 is 1.93 bits per heavy atom. The molecule has 7 heteroatoms. The predicted molar refractivity (Wildman–Crippen MR) is 47.2 cm³/mol. The number of rotatable bonds is 3. The average molecular weight is 244 g/mol. The van der Waals surface area contributed by atoms with Gasteiger partial charge in [-0.05, 0) is 5.56 Å². The minimum Gasteiger partial charge on any atom is -0.445 e. The van der Waals surface area contributed by atoms with Crippen LogP contribution in [0.15, 0.2) is 24.3 Å². The molecule has 0 fully saturated rings. The maximum absolute atomic E-state index is 12.2. The van der Waals surface area contributed by atoms with Crippen LogP contribution in [-0.4, -0.2) is 23.8 Å². The molecule has 1 rings (SSSR count). The minimum atomic E-state index is -4.99. The molecule has 15 heavy (non-hydrogen) atoms. The van der Waals surface area contributed by atoms with Gasteiger partial charge in [-0.1, -0.05) is 24.3 Å². The fraction of sp³-hybridized carbons (Fsp3) is 0.250. The summed E-state index contributed by atoms with van der Waals surface area (Å²) in [5, 5.41) is 17.6. The summed E-state index contributed by atoms with van der Waals surface area (Å²) in [4.78, 5) is 0. The van der Waals surface area contributed by atoms with Gasteiger partial charge in [0.25, 0.3) is 0 Å². The zero-order chi connectivity index (χ0) is 10.8. The molecule has 0 amide bonds. The second kappa shape index (κ2) is 6.39. The molecule has 1 aromatic carbocycles. The normalized spacial score (nSPS) is 13.1. The molecule has 1 unspecified atom stereocenters. The van der Waals surface area contributed by atoms with Gasteiger partial charge in [0.2, 0.25) is 0 Å². The first-order chi connectivity index (χ1) is 6.45. The molecular formula is C8H9BF3KO2. The topological polar surface area (TPSA) is 40.5 Å². The number of halogens is 3. The molecule has 0 saturated heterocycles. The van der Waals surface area contributed by atoms with E-state index in [0.717, 1.165) is 24.3 Å². The smallest absolute Gasteiger partial charge is 0.445 e. The largest absolute Gasteiger partial charge is 1.00 e. The van der Waals surface area contributed by atoms with Gasteiger partial charge in [-0.3, -0.25) is 0 Å². The molecule has 0 bridgehead atoms. The number of hydrogen-bond acceptors (Lipinski definition) is 2. The summed E-state index contributed by atoms with van der Waals surface area (Å²) in [5.74, 6) is 0. The van der Waals surface area contributed by atoms with Crippen molar-refractivity contribution in [2.45, 2.75) is 6.10 Å². The first-order valence-electron chi connectivity index (χ1n) is 4.04. The quantitative estimate of drug-likeness (QED) is 0.591. The van der Waals surface area contributed by atoms with Crippen LogP contribution in [0, 0.1) is 0 Å². The molecule has 2 N–H and O–H groups in total. The Labute approximate surface area is 128 Å². The zero-order valence-corrected chi connectivity index (χ0v) is 11.3. The number of aliphatic hydroxyl groups excluding tert-OH is 2. The predicted octanol–water partition coefficient (Wildman–Crippen LogP) is -2.23. The van der Waals surface area contributed by atoms with Crippen LogP contribution in [0.2, 0.25) is 0 Å². The Kier molecular flexibility index (Phi) is 6.66. The van der Waals surface area contributed by atoms with Gasteiger partial charge in [0.05, 0.1) is 6.61 Å². The van der Waals surface area contributed by atoms with Crippen molar-refractivity contribution in [2.75, 3.05) is 6.61 Å². The van der Waals surface area contributed by atoms with Crippen LogP contribution in [0.4, 0.5) is 12.9 Å². The van der Waals surface area contributed by atoms with E-state index in [0.29, 0.717) is 0 Å². The summed E-state index contributed by atoms with van der Waals surface area (Å²) >= 11 is 0. The standard InChI is InChI=1S/C8H9BF3O2.K/c10-9(11,12)7-3-1-6(2-4-7)8(14)5-13;/h1-4,8,13-14H,5H2;/q-1;+1. The minimum absolute atomic E-state index is 0. The molecule has 1 aromatic rings. The van der Waals surface area contributed by atoms with Gasteiger partial charge >= 0.3 is 58.4 Å². The maximum atomic E-state index is 12.2. The molecule has 0 spiro atoms. The Hall–Kier alpha value is 0.631. The molecule has 1 atom stereocenters. The van der Waals surface area contributed by atoms with Gasteiger partial charge < -0.3 is 23.2 Å². The SMILES string of the molecule is OCC(O)c1ccc([B-](F)(F)F)cc1.[K+]. The van der Waals surface area contributed by atoms with E-state index in [-0.39, 0.29) is 56.9 Å². The number of hydrogen-bond donors (Lipinski definition) is 2. The van der Waals surface area contributed by atoms with Crippen LogP contribution in [-0.2, 0) is 0 Å². The molecule has 0 aliphatic rings. The van der Waals surface area contributed by atoms with Crippen molar-refractivity contribution >= 4 is 12.4 Å². The zero-order valence-electron chi connectivity index (χ0n) is 8.20. The molecule has 2 nitrogen and oxygen atoms in total. The van der Waals surface area contributed by atoms with E-state index in [9.17, 15) is 12.9 Å². The van der Waals surface area contributed by atoms with Crippen LogP contribution in [0.25, 0.3) is 0 Å². The maximum Gasteiger partial charge on any atom is 1.00 e. The Morgan fingerprint density at radius 1 is 1.13 bits per heavy atom. The first-order valence-corrected chi connectivity index (χ1v) is 4.04. The van der Waals surface area contributed by atoms with Crippen molar-refractivity contribution in [1.82, 2.24) is 0 Å². The van der Waals surface area contributed by atoms with Crippen LogP contribution in [0.3, 0.4) is 0 Å². The summed E-state index contributed by atoms with van der Waals surface area (Å²) in [6.07, 6.45) is -1.12. The van der Waals surface area contributed by atoms with Crippen molar-refractivity contribution < 1.29 is 74.5 Å². The van der Waals surface area contributed by atoms with Crippen molar-refractivity contribution in [3.63, 3.8) is 0 Å². The monoisotopic (exact) mass is 244 g/mol. The van der Waals surface area contributed by atoms with E-state index >= 15 is 0 Å². The second-order valence-electron chi connectivity index (χ2n) is 2.94. The number of aliphatic hydroxyl groups is 2. The van der Waals surface area contributed by atoms with Crippen LogP contribution >= 0.6 is 0 Å². The number of benzene rings is 1. The van der Waals surface area contributed by atoms with E-state index in [2.05, 4.69) is 0 Å². The van der Waals surface area contributed by atoms with Crippen LogP contribution in [0.5, 0.6) is 0 Å². The Balaban J connectivity index is 0.00000196. The van der Waals surface area contributed by atoms with Gasteiger partial charge in [-0.25, -0.2) is 0 Å². The molecule has 0 aliphatic carbocycles. The van der Waals surface area contributed by atoms with E-state index in [1.807, 2.05) is 0 Å². The van der Waals surface area contributed by atoms with Crippen molar-refractivity contribution in [3.05, 3.63) is 29.8 Å². The molecule has 78 valence electrons. The summed E-state index contributed by atoms with van der Waals surface area (Å²) < 4.78 is 36.5. The summed E-state index contributed by atoms with van der Waals surface area (Å²) in [6, 6.07) is 4.11. The first kappa shape index (κ1) is 15.6. The average Bonchev–Trinajstić information content (AvgIpc) is 2.15. The van der Waals surface area contributed by atoms with Crippen molar-refractivity contribution in [1.29, 1.82) is 0 Å². The van der Waals surface area contributed by atoms with Gasteiger partial charge in [0, 0.05) is 0 Å². The molecule has 0 aliphatic heterocycles. The van der Waals surface area contributed by atoms with Crippen molar-refractivity contribution in [3.8, 4) is 0 Å². The molecular weight excluding hydrogens is 235 g/mol. The van der Waals surface area contributed by atoms with Gasteiger partial charge in [0.15, 0.2) is 0 Å². The van der Waals surface area contributed by atoms with E-state index < -0.39 is 25.2 Å². The molecule has 0 saturated carbocycles. The molecule has 0 aromatic heterocycles. The van der Waals surface area contributed by atoms with Gasteiger partial charge in [-0.2, -0.15) is 0 Å². The van der Waals surface area contributed by atoms with Crippen molar-refractivity contribution in [2.24, 2.45) is 0 Å². The third-order valence-electron chi connectivity index (χ3n) is 1.87. The van der Waals surface area contributed by atoms with Crippen LogP contribution in [0.1, 0.15) is 11.7 Å². The molecule has 0 radical (unpaired) electrons. The van der Waals surface area contributed by atoms with E-state index in [1.165, 1.54) is 0 Å². The summed E-state index contributed by atoms with van der Waals surface area (Å²) in [7, 11) is 0. The van der Waals surface area contributed by atoms with E-state index in [4.69, 9.17) is 10.2 Å². The fourth-order valence-corrected chi connectivity index (χ4v) is 1.04. The Morgan fingerprint density at radius 2 is 1.60 bits per heavy atom. The Bertz CT molecular complexity index is 302. The third-order valence-corrected chi connectivity index (χ3v) is 1.87. The third kappa shape index (κ3) is 4.56. The second-order valence-corrected chi connectivity index (χ2v) is 2.94. The summed E-state index contributed by atoms with van der Waals surface area (Å²) in [6.45, 7) is -5.49. The van der Waals surface area contributed by atoms with Gasteiger partial charge in [0.1, 0.15) is 6.10 Å². The summed E-state index contributed by atoms with van der Waals surface area (Å²) in [5.41, 5.74) is -0.435. The van der Waals surface area contributed by atoms with Crippen LogP contribution < -0.4 is 56.8 Å². The fourth-order valence-electron chi connectivity index (χ4n) is 1.04. The molecule has 0 heterocycles. The van der Waals surface area contributed by atoms with Gasteiger partial charge in [-0.15, -0.1) is 5.46 Å².